The Balaban J connectivity index is 1.81. The number of halogens is 1. The second kappa shape index (κ2) is 14.0. The number of aliphatic carboxylic acids is 1. The number of unbranched alkanes of at least 4 members (excludes halogenated alkanes) is 1. The lowest BCUT2D eigenvalue weighted by Crippen LogP contribution is -2.29. The van der Waals surface area contributed by atoms with Gasteiger partial charge in [0.15, 0.2) is 11.0 Å². The van der Waals surface area contributed by atoms with Crippen LogP contribution >= 0.6 is 11.6 Å². The van der Waals surface area contributed by atoms with E-state index in [9.17, 15) is 9.59 Å². The number of carboxylic acids is 1. The molecule has 3 rings (SSSR count). The van der Waals surface area contributed by atoms with E-state index in [4.69, 9.17) is 32.7 Å². The van der Waals surface area contributed by atoms with Crippen LogP contribution in [0.3, 0.4) is 0 Å². The van der Waals surface area contributed by atoms with Gasteiger partial charge in [-0.25, -0.2) is 9.78 Å². The Morgan fingerprint density at radius 1 is 1.18 bits per heavy atom. The first-order chi connectivity index (χ1) is 18.3. The van der Waals surface area contributed by atoms with Crippen molar-refractivity contribution >= 4 is 29.3 Å². The largest absolute Gasteiger partial charge is 0.480 e. The summed E-state index contributed by atoms with van der Waals surface area (Å²) in [7, 11) is 0. The Hall–Kier alpha value is -4.09. The van der Waals surface area contributed by atoms with Gasteiger partial charge >= 0.3 is 5.97 Å². The van der Waals surface area contributed by atoms with Crippen LogP contribution in [0, 0.1) is 5.41 Å². The van der Waals surface area contributed by atoms with Gasteiger partial charge in [0.2, 0.25) is 5.91 Å². The number of imidazole rings is 1. The lowest BCUT2D eigenvalue weighted by molar-refractivity contribution is -0.143. The molecule has 1 aromatic heterocycles. The van der Waals surface area contributed by atoms with E-state index in [-0.39, 0.29) is 19.0 Å². The van der Waals surface area contributed by atoms with E-state index < -0.39 is 18.5 Å². The Morgan fingerprint density at radius 2 is 1.92 bits per heavy atom. The maximum Gasteiger partial charge on any atom is 0.329 e. The van der Waals surface area contributed by atoms with Crippen LogP contribution in [0.5, 0.6) is 0 Å². The van der Waals surface area contributed by atoms with Gasteiger partial charge in [-0.05, 0) is 23.1 Å². The fourth-order valence-corrected chi connectivity index (χ4v) is 4.14. The third-order valence-electron chi connectivity index (χ3n) is 5.71. The normalized spacial score (nSPS) is 11.1. The minimum atomic E-state index is -1.15. The first-order valence-corrected chi connectivity index (χ1v) is 12.4. The summed E-state index contributed by atoms with van der Waals surface area (Å²) in [6.07, 6.45) is 2.66. The van der Waals surface area contributed by atoms with Crippen molar-refractivity contribution in [1.82, 2.24) is 14.9 Å². The number of carbonyl (C=O) groups excluding carboxylic acids is 1. The Labute approximate surface area is 225 Å². The number of aryl methyl sites for hydroxylation is 1. The van der Waals surface area contributed by atoms with Crippen LogP contribution in [0.1, 0.15) is 42.4 Å². The number of benzene rings is 2. The average molecular weight is 540 g/mol. The second-order valence-electron chi connectivity index (χ2n) is 8.43. The highest BCUT2D eigenvalue weighted by atomic mass is 35.5. The number of nitrogens with two attached hydrogens (primary N) is 1. The van der Waals surface area contributed by atoms with Crippen molar-refractivity contribution in [2.45, 2.75) is 39.3 Å². The molecule has 11 nitrogen and oxygen atoms in total. The zero-order valence-electron chi connectivity index (χ0n) is 21.0. The number of rotatable bonds is 13. The molecular formula is C26H30ClN7O4. The van der Waals surface area contributed by atoms with Crippen LogP contribution in [0.4, 0.5) is 0 Å². The molecule has 0 saturated heterocycles. The monoisotopic (exact) mass is 539 g/mol. The molecule has 0 saturated carbocycles. The highest BCUT2D eigenvalue weighted by Gasteiger charge is 2.17. The number of amides is 1. The van der Waals surface area contributed by atoms with Gasteiger partial charge in [-0.1, -0.05) is 78.7 Å². The van der Waals surface area contributed by atoms with Crippen LogP contribution in [0.15, 0.2) is 58.9 Å². The van der Waals surface area contributed by atoms with E-state index in [1.165, 1.54) is 0 Å². The molecule has 3 aromatic rings. The van der Waals surface area contributed by atoms with Gasteiger partial charge in [0.1, 0.15) is 19.0 Å². The molecule has 0 unspecified atom stereocenters. The summed E-state index contributed by atoms with van der Waals surface area (Å²) in [6, 6.07) is 15.3. The van der Waals surface area contributed by atoms with Crippen LogP contribution in [-0.4, -0.2) is 45.6 Å². The van der Waals surface area contributed by atoms with Crippen molar-refractivity contribution in [2.75, 3.05) is 13.2 Å². The third kappa shape index (κ3) is 7.70. The summed E-state index contributed by atoms with van der Waals surface area (Å²) in [5.74, 6) is 4.32. The number of amidine groups is 1. The minimum Gasteiger partial charge on any atom is -0.480 e. The lowest BCUT2D eigenvalue weighted by atomic mass is 9.98. The minimum absolute atomic E-state index is 0.0270. The van der Waals surface area contributed by atoms with Gasteiger partial charge in [-0.3, -0.25) is 10.2 Å². The van der Waals surface area contributed by atoms with E-state index in [0.717, 1.165) is 41.8 Å². The molecule has 2 aromatic carbocycles. The molecule has 0 atom stereocenters. The summed E-state index contributed by atoms with van der Waals surface area (Å²) in [5.41, 5.74) is 4.00. The van der Waals surface area contributed by atoms with Crippen molar-refractivity contribution in [3.05, 3.63) is 76.3 Å². The number of nitrogens with zero attached hydrogens (tertiary/aromatic N) is 4. The maximum absolute atomic E-state index is 12.1. The molecule has 200 valence electrons. The number of hydrogen-bond acceptors (Lipinski definition) is 6. The van der Waals surface area contributed by atoms with Crippen molar-refractivity contribution < 1.29 is 19.4 Å². The predicted octanol–water partition coefficient (Wildman–Crippen LogP) is 3.96. The summed E-state index contributed by atoms with van der Waals surface area (Å²) < 4.78 is 6.84. The van der Waals surface area contributed by atoms with Crippen LogP contribution in [0.25, 0.3) is 11.1 Å². The number of carboxylic acid groups (broad SMARTS) is 1. The van der Waals surface area contributed by atoms with Crippen molar-refractivity contribution in [3.8, 4) is 11.1 Å². The first-order valence-electron chi connectivity index (χ1n) is 12.0. The summed E-state index contributed by atoms with van der Waals surface area (Å²) in [4.78, 5) is 27.2. The number of carbonyl (C=O) groups is 2. The van der Waals surface area contributed by atoms with E-state index in [0.29, 0.717) is 23.0 Å². The third-order valence-corrected chi connectivity index (χ3v) is 6.02. The molecule has 0 aliphatic heterocycles. The van der Waals surface area contributed by atoms with Gasteiger partial charge in [-0.15, -0.1) is 5.11 Å². The summed E-state index contributed by atoms with van der Waals surface area (Å²) in [6.45, 7) is 1.78. The smallest absolute Gasteiger partial charge is 0.329 e. The van der Waals surface area contributed by atoms with Crippen LogP contribution < -0.4 is 11.2 Å². The molecule has 38 heavy (non-hydrogen) atoms. The molecule has 0 spiro atoms. The number of hydrogen-bond donors (Lipinski definition) is 4. The van der Waals surface area contributed by atoms with Gasteiger partial charge in [0.05, 0.1) is 12.2 Å². The zero-order valence-corrected chi connectivity index (χ0v) is 21.7. The molecule has 12 heteroatoms. The number of aromatic nitrogens is 2. The van der Waals surface area contributed by atoms with Crippen molar-refractivity contribution in [2.24, 2.45) is 16.2 Å². The van der Waals surface area contributed by atoms with Gasteiger partial charge in [0.25, 0.3) is 0 Å². The molecule has 1 heterocycles. The van der Waals surface area contributed by atoms with Crippen molar-refractivity contribution in [3.63, 3.8) is 0 Å². The predicted molar refractivity (Wildman–Crippen MR) is 143 cm³/mol. The molecule has 5 N–H and O–H groups in total. The molecule has 0 bridgehead atoms. The molecule has 0 aliphatic carbocycles. The Bertz CT molecular complexity index is 1310. The van der Waals surface area contributed by atoms with E-state index in [2.05, 4.69) is 27.6 Å². The molecule has 1 amide bonds. The molecule has 0 fully saturated rings. The number of nitrogens with one attached hydrogen (secondary N) is 2. The van der Waals surface area contributed by atoms with Crippen LogP contribution in [0.2, 0.25) is 5.15 Å². The highest BCUT2D eigenvalue weighted by Crippen LogP contribution is 2.26. The van der Waals surface area contributed by atoms with Crippen LogP contribution in [-0.2, 0) is 33.8 Å². The topological polar surface area (TPSA) is 168 Å². The Morgan fingerprint density at radius 3 is 2.61 bits per heavy atom. The summed E-state index contributed by atoms with van der Waals surface area (Å²) in [5, 5.41) is 26.7. The lowest BCUT2D eigenvalue weighted by Gasteiger charge is -2.14. The highest BCUT2D eigenvalue weighted by molar-refractivity contribution is 6.30. The van der Waals surface area contributed by atoms with Gasteiger partial charge in [0, 0.05) is 18.5 Å². The molecule has 0 radical (unpaired) electrons. The van der Waals surface area contributed by atoms with Gasteiger partial charge in [-0.2, -0.15) is 0 Å². The molecular weight excluding hydrogens is 510 g/mol. The fraction of sp³-hybridized carbons (Fsp3) is 0.308. The molecule has 0 aliphatic rings. The second-order valence-corrected chi connectivity index (χ2v) is 8.78. The quantitative estimate of drug-likeness (QED) is 0.0842. The van der Waals surface area contributed by atoms with Gasteiger partial charge < -0.3 is 25.6 Å². The fourth-order valence-electron chi connectivity index (χ4n) is 3.88. The zero-order chi connectivity index (χ0) is 27.5. The standard InChI is InChI=1S/C26H30ClN7O4/c1-2-3-8-22-31-25(27)21(13-30-23(35)15-38-16-24(36)37)34(22)14-17-9-11-18(12-10-17)19-6-4-5-7-20(19)26(28)32-33-29/h4-7,9-12H,2-3,8,13-16H2,1H3,(H,30,35)(H,36,37)(H3,28,29,32). The first kappa shape index (κ1) is 28.5. The average Bonchev–Trinajstić information content (AvgIpc) is 3.20. The maximum atomic E-state index is 12.1. The van der Waals surface area contributed by atoms with Crippen molar-refractivity contribution in [1.29, 1.82) is 5.41 Å². The number of ether oxygens (including phenoxy) is 1. The SMILES string of the molecule is CCCCc1nc(Cl)c(CNC(=O)COCC(=O)O)n1Cc1ccc(-c2ccccc2C(=N)N=NN)cc1. The van der Waals surface area contributed by atoms with E-state index in [1.54, 1.807) is 6.07 Å². The Kier molecular flexibility index (Phi) is 10.5. The van der Waals surface area contributed by atoms with E-state index >= 15 is 0 Å². The summed E-state index contributed by atoms with van der Waals surface area (Å²) >= 11 is 6.46. The van der Waals surface area contributed by atoms with E-state index in [1.807, 2.05) is 47.0 Å².